The van der Waals surface area contributed by atoms with E-state index in [-0.39, 0.29) is 18.1 Å². The van der Waals surface area contributed by atoms with E-state index in [1.165, 1.54) is 22.7 Å². The molecule has 2 aromatic carbocycles. The highest BCUT2D eigenvalue weighted by Crippen LogP contribution is 2.32. The molecule has 1 aliphatic heterocycles. The molecule has 1 saturated heterocycles. The lowest BCUT2D eigenvalue weighted by atomic mass is 10.1. The molecule has 1 fully saturated rings. The average molecular weight is 500 g/mol. The maximum absolute atomic E-state index is 14.6. The van der Waals surface area contributed by atoms with E-state index in [2.05, 4.69) is 42.5 Å². The molecular formula is C26H22FN7O3. The molecule has 11 heteroatoms. The first-order chi connectivity index (χ1) is 18.2. The summed E-state index contributed by atoms with van der Waals surface area (Å²) in [6, 6.07) is 18.1. The van der Waals surface area contributed by atoms with Crippen LogP contribution in [0.25, 0.3) is 39.9 Å². The number of carboxylic acid groups (broad SMARTS) is 1. The van der Waals surface area contributed by atoms with E-state index in [0.29, 0.717) is 17.2 Å². The smallest absolute Gasteiger partial charge is 0.290 e. The van der Waals surface area contributed by atoms with Gasteiger partial charge in [0.25, 0.3) is 12.4 Å². The van der Waals surface area contributed by atoms with E-state index in [9.17, 15) is 4.39 Å². The van der Waals surface area contributed by atoms with Gasteiger partial charge >= 0.3 is 0 Å². The fourth-order valence-corrected chi connectivity index (χ4v) is 4.03. The Morgan fingerprint density at radius 1 is 1.03 bits per heavy atom. The Hall–Kier alpha value is -4.77. The maximum Gasteiger partial charge on any atom is 0.290 e. The SMILES string of the molecule is Fc1ccccc1-n1nnc(-c2nc(-c3cccc(CN4CCC4)c3)no2)c1-c1ccncc1.O=CO. The lowest BCUT2D eigenvalue weighted by Crippen LogP contribution is -2.36. The summed E-state index contributed by atoms with van der Waals surface area (Å²) in [4.78, 5) is 19.4. The van der Waals surface area contributed by atoms with Crippen molar-refractivity contribution in [3.63, 3.8) is 0 Å². The van der Waals surface area contributed by atoms with E-state index in [1.54, 1.807) is 42.7 Å². The molecule has 6 rings (SSSR count). The third kappa shape index (κ3) is 5.11. The van der Waals surface area contributed by atoms with E-state index < -0.39 is 5.82 Å². The Labute approximate surface area is 211 Å². The van der Waals surface area contributed by atoms with Gasteiger partial charge < -0.3 is 9.63 Å². The van der Waals surface area contributed by atoms with Gasteiger partial charge in [0.1, 0.15) is 17.2 Å². The van der Waals surface area contributed by atoms with Crippen LogP contribution in [0.5, 0.6) is 0 Å². The second-order valence-electron chi connectivity index (χ2n) is 8.24. The minimum absolute atomic E-state index is 0.206. The summed E-state index contributed by atoms with van der Waals surface area (Å²) in [7, 11) is 0. The average Bonchev–Trinajstić information content (AvgIpc) is 3.56. The molecule has 1 aliphatic rings. The summed E-state index contributed by atoms with van der Waals surface area (Å²) in [5, 5.41) is 19.6. The van der Waals surface area contributed by atoms with Crippen molar-refractivity contribution >= 4 is 6.47 Å². The number of hydrogen-bond donors (Lipinski definition) is 1. The zero-order valence-electron chi connectivity index (χ0n) is 19.6. The van der Waals surface area contributed by atoms with Gasteiger partial charge in [0.05, 0.1) is 0 Å². The van der Waals surface area contributed by atoms with E-state index in [0.717, 1.165) is 30.8 Å². The Balaban J connectivity index is 0.000000892. The molecule has 0 amide bonds. The van der Waals surface area contributed by atoms with Crippen molar-refractivity contribution < 1.29 is 18.8 Å². The van der Waals surface area contributed by atoms with Crippen LogP contribution >= 0.6 is 0 Å². The summed E-state index contributed by atoms with van der Waals surface area (Å²) >= 11 is 0. The van der Waals surface area contributed by atoms with E-state index in [4.69, 9.17) is 14.4 Å². The molecule has 0 unspecified atom stereocenters. The molecule has 0 spiro atoms. The van der Waals surface area contributed by atoms with Crippen molar-refractivity contribution in [3.05, 3.63) is 84.4 Å². The highest BCUT2D eigenvalue weighted by atomic mass is 19.1. The lowest BCUT2D eigenvalue weighted by Gasteiger charge is -2.30. The van der Waals surface area contributed by atoms with Gasteiger partial charge in [-0.1, -0.05) is 40.7 Å². The summed E-state index contributed by atoms with van der Waals surface area (Å²) in [5.41, 5.74) is 3.98. The zero-order chi connectivity index (χ0) is 25.6. The molecule has 0 atom stereocenters. The first-order valence-electron chi connectivity index (χ1n) is 11.5. The highest BCUT2D eigenvalue weighted by molar-refractivity contribution is 5.76. The van der Waals surface area contributed by atoms with Crippen LogP contribution in [0.3, 0.4) is 0 Å². The van der Waals surface area contributed by atoms with Crippen LogP contribution < -0.4 is 0 Å². The van der Waals surface area contributed by atoms with Crippen molar-refractivity contribution in [2.45, 2.75) is 13.0 Å². The third-order valence-electron chi connectivity index (χ3n) is 5.87. The largest absolute Gasteiger partial charge is 0.483 e. The van der Waals surface area contributed by atoms with Crippen molar-refractivity contribution in [2.24, 2.45) is 0 Å². The van der Waals surface area contributed by atoms with Gasteiger partial charge in [0.15, 0.2) is 5.69 Å². The molecule has 0 aliphatic carbocycles. The molecule has 10 nitrogen and oxygen atoms in total. The molecule has 186 valence electrons. The molecule has 37 heavy (non-hydrogen) atoms. The number of carbonyl (C=O) groups is 1. The van der Waals surface area contributed by atoms with Gasteiger partial charge in [-0.3, -0.25) is 14.7 Å². The maximum atomic E-state index is 14.6. The zero-order valence-corrected chi connectivity index (χ0v) is 19.6. The predicted molar refractivity (Wildman–Crippen MR) is 132 cm³/mol. The number of aromatic nitrogens is 6. The normalized spacial score (nSPS) is 12.9. The Kier molecular flexibility index (Phi) is 7.04. The number of rotatable bonds is 6. The lowest BCUT2D eigenvalue weighted by molar-refractivity contribution is -0.122. The number of benzene rings is 2. The number of likely N-dealkylation sites (tertiary alicyclic amines) is 1. The topological polar surface area (TPSA) is 123 Å². The van der Waals surface area contributed by atoms with Crippen LogP contribution in [-0.2, 0) is 11.3 Å². The Bertz CT molecular complexity index is 1500. The summed E-state index contributed by atoms with van der Waals surface area (Å²) < 4.78 is 21.7. The number of hydrogen-bond acceptors (Lipinski definition) is 8. The first-order valence-corrected chi connectivity index (χ1v) is 11.5. The summed E-state index contributed by atoms with van der Waals surface area (Å²) in [5.74, 6) is 0.249. The molecule has 0 saturated carbocycles. The highest BCUT2D eigenvalue weighted by Gasteiger charge is 2.24. The summed E-state index contributed by atoms with van der Waals surface area (Å²) in [6.45, 7) is 2.92. The van der Waals surface area contributed by atoms with Crippen LogP contribution in [0, 0.1) is 5.82 Å². The van der Waals surface area contributed by atoms with Gasteiger partial charge in [0.2, 0.25) is 5.82 Å². The van der Waals surface area contributed by atoms with Gasteiger partial charge in [-0.2, -0.15) is 4.98 Å². The van der Waals surface area contributed by atoms with Gasteiger partial charge in [0, 0.05) is 30.1 Å². The molecule has 1 N–H and O–H groups in total. The van der Waals surface area contributed by atoms with Crippen LogP contribution in [0.2, 0.25) is 0 Å². The fourth-order valence-electron chi connectivity index (χ4n) is 4.03. The van der Waals surface area contributed by atoms with Crippen molar-refractivity contribution in [1.29, 1.82) is 0 Å². The number of pyridine rings is 1. The molecular weight excluding hydrogens is 477 g/mol. The number of nitrogens with zero attached hydrogens (tertiary/aromatic N) is 7. The van der Waals surface area contributed by atoms with E-state index >= 15 is 0 Å². The number of para-hydroxylation sites is 1. The van der Waals surface area contributed by atoms with Crippen molar-refractivity contribution in [1.82, 2.24) is 35.0 Å². The molecule has 4 heterocycles. The second-order valence-corrected chi connectivity index (χ2v) is 8.24. The fraction of sp³-hybridized carbons (Fsp3) is 0.154. The molecule has 0 bridgehead atoms. The molecule has 0 radical (unpaired) electrons. The second kappa shape index (κ2) is 10.9. The van der Waals surface area contributed by atoms with Gasteiger partial charge in [-0.15, -0.1) is 5.10 Å². The number of halogens is 1. The first kappa shape index (κ1) is 23.9. The van der Waals surface area contributed by atoms with E-state index in [1.807, 2.05) is 12.1 Å². The minimum atomic E-state index is -0.417. The molecule has 5 aromatic rings. The Morgan fingerprint density at radius 3 is 2.54 bits per heavy atom. The van der Waals surface area contributed by atoms with Crippen molar-refractivity contribution in [2.75, 3.05) is 13.1 Å². The molecule has 3 aromatic heterocycles. The standard InChI is InChI=1S/C25H20FN7O.CH2O2/c26-20-7-1-2-8-21(20)33-23(18-9-11-27-12-10-18)22(29-31-33)25-28-24(30-34-25)19-6-3-5-17(15-19)16-32-13-4-14-32;2-1-3/h1-3,5-12,15H,4,13-14,16H2;1H,(H,2,3). The monoisotopic (exact) mass is 499 g/mol. The predicted octanol–water partition coefficient (Wildman–Crippen LogP) is 4.09. The Morgan fingerprint density at radius 2 is 1.81 bits per heavy atom. The quantitative estimate of drug-likeness (QED) is 0.344. The van der Waals surface area contributed by atoms with Crippen LogP contribution in [-0.4, -0.2) is 59.7 Å². The van der Waals surface area contributed by atoms with Gasteiger partial charge in [-0.05, 0) is 55.4 Å². The van der Waals surface area contributed by atoms with Crippen LogP contribution in [0.4, 0.5) is 4.39 Å². The van der Waals surface area contributed by atoms with Crippen molar-refractivity contribution in [3.8, 4) is 39.9 Å². The summed E-state index contributed by atoms with van der Waals surface area (Å²) in [6.07, 6.45) is 4.56. The van der Waals surface area contributed by atoms with Crippen LogP contribution in [0.1, 0.15) is 12.0 Å². The third-order valence-corrected chi connectivity index (χ3v) is 5.87. The minimum Gasteiger partial charge on any atom is -0.483 e. The van der Waals surface area contributed by atoms with Crippen LogP contribution in [0.15, 0.2) is 77.6 Å². The van der Waals surface area contributed by atoms with Gasteiger partial charge in [-0.25, -0.2) is 9.07 Å².